The van der Waals surface area contributed by atoms with Crippen LogP contribution in [-0.4, -0.2) is 35.8 Å². The van der Waals surface area contributed by atoms with Crippen molar-refractivity contribution in [1.29, 1.82) is 0 Å². The Balaban J connectivity index is 1.78. The number of aliphatic imine (C=N–C) groups is 1. The molecule has 1 aromatic carbocycles. The number of aryl methyl sites for hydroxylation is 2. The molecule has 0 fully saturated rings. The van der Waals surface area contributed by atoms with Crippen LogP contribution in [0.5, 0.6) is 0 Å². The number of hydrogen-bond acceptors (Lipinski definition) is 7. The second-order valence-corrected chi connectivity index (χ2v) is 8.26. The normalized spacial score (nSPS) is 17.7. The Kier molecular flexibility index (Phi) is 4.56. The molecular weight excluding hydrogens is 366 g/mol. The highest BCUT2D eigenvalue weighted by Gasteiger charge is 2.31. The summed E-state index contributed by atoms with van der Waals surface area (Å²) in [5.41, 5.74) is 2.40. The zero-order valence-corrected chi connectivity index (χ0v) is 16.2. The van der Waals surface area contributed by atoms with Crippen LogP contribution < -0.4 is 0 Å². The zero-order chi connectivity index (χ0) is 18.1. The van der Waals surface area contributed by atoms with E-state index >= 15 is 0 Å². The number of nitrogens with zero attached hydrogens (tertiary/aromatic N) is 7. The lowest BCUT2D eigenvalue weighted by atomic mass is 10.1. The molecule has 1 aliphatic heterocycles. The monoisotopic (exact) mass is 383 g/mol. The molecule has 0 saturated heterocycles. The summed E-state index contributed by atoms with van der Waals surface area (Å²) >= 11 is 3.15. The van der Waals surface area contributed by atoms with E-state index in [-0.39, 0.29) is 5.37 Å². The summed E-state index contributed by atoms with van der Waals surface area (Å²) in [4.78, 5) is 8.88. The smallest absolute Gasteiger partial charge is 0.236 e. The molecule has 26 heavy (non-hydrogen) atoms. The average Bonchev–Trinajstić information content (AvgIpc) is 3.35. The Hall–Kier alpha value is -2.52. The van der Waals surface area contributed by atoms with E-state index in [2.05, 4.69) is 46.4 Å². The van der Waals surface area contributed by atoms with Gasteiger partial charge in [0.25, 0.3) is 0 Å². The molecule has 1 atom stereocenters. The topological polar surface area (TPSA) is 71.6 Å². The van der Waals surface area contributed by atoms with Gasteiger partial charge in [-0.1, -0.05) is 52.9 Å². The molecule has 0 N–H and O–H groups in total. The van der Waals surface area contributed by atoms with Crippen LogP contribution in [-0.2, 0) is 0 Å². The van der Waals surface area contributed by atoms with Crippen molar-refractivity contribution in [2.24, 2.45) is 10.1 Å². The SMILES string of the molecule is CC1=NN(C(=Nc2nnc(C)s2)n2ccnc2)[C@@H](c2ccc(C)cc2)S1. The van der Waals surface area contributed by atoms with Gasteiger partial charge in [0, 0.05) is 12.4 Å². The maximum atomic E-state index is 4.72. The highest BCUT2D eigenvalue weighted by molar-refractivity contribution is 8.14. The summed E-state index contributed by atoms with van der Waals surface area (Å²) in [5.74, 6) is 0.647. The van der Waals surface area contributed by atoms with Crippen LogP contribution in [0.4, 0.5) is 5.13 Å². The maximum absolute atomic E-state index is 4.72. The molecule has 3 heterocycles. The lowest BCUT2D eigenvalue weighted by Crippen LogP contribution is -2.31. The molecule has 3 aromatic rings. The number of thioether (sulfide) groups is 1. The van der Waals surface area contributed by atoms with Crippen LogP contribution >= 0.6 is 23.1 Å². The van der Waals surface area contributed by atoms with E-state index < -0.39 is 0 Å². The first-order chi connectivity index (χ1) is 12.6. The molecule has 0 amide bonds. The molecule has 2 aromatic heterocycles. The number of hydrazone groups is 1. The van der Waals surface area contributed by atoms with Crippen molar-refractivity contribution in [3.05, 3.63) is 59.1 Å². The molecule has 0 bridgehead atoms. The minimum Gasteiger partial charge on any atom is -0.275 e. The fourth-order valence-electron chi connectivity index (χ4n) is 2.55. The maximum Gasteiger partial charge on any atom is 0.236 e. The van der Waals surface area contributed by atoms with Gasteiger partial charge in [-0.2, -0.15) is 10.1 Å². The molecule has 132 valence electrons. The predicted molar refractivity (Wildman–Crippen MR) is 106 cm³/mol. The largest absolute Gasteiger partial charge is 0.275 e. The predicted octanol–water partition coefficient (Wildman–Crippen LogP) is 3.97. The summed E-state index contributed by atoms with van der Waals surface area (Å²) in [7, 11) is 0. The molecule has 7 nitrogen and oxygen atoms in total. The van der Waals surface area contributed by atoms with Gasteiger partial charge in [-0.05, 0) is 26.3 Å². The minimum absolute atomic E-state index is 0.00534. The van der Waals surface area contributed by atoms with E-state index in [0.29, 0.717) is 11.1 Å². The first-order valence-electron chi connectivity index (χ1n) is 8.05. The number of imidazole rings is 1. The Morgan fingerprint density at radius 1 is 1.12 bits per heavy atom. The summed E-state index contributed by atoms with van der Waals surface area (Å²) < 4.78 is 1.85. The standard InChI is InChI=1S/C17H17N7S2/c1-11-4-6-14(7-5-11)15-24(22-13(3)25-15)17(23-9-8-18-10-23)19-16-21-20-12(2)26-16/h4-10,15H,1-3H3/t15-/m1/s1. The van der Waals surface area contributed by atoms with Crippen molar-refractivity contribution in [3.8, 4) is 0 Å². The molecule has 9 heteroatoms. The summed E-state index contributed by atoms with van der Waals surface area (Å²) in [6.07, 6.45) is 5.29. The van der Waals surface area contributed by atoms with Crippen molar-refractivity contribution in [2.75, 3.05) is 0 Å². The van der Waals surface area contributed by atoms with Gasteiger partial charge in [0.1, 0.15) is 16.7 Å². The van der Waals surface area contributed by atoms with Gasteiger partial charge in [0.05, 0.1) is 5.04 Å². The summed E-state index contributed by atoms with van der Waals surface area (Å²) in [6, 6.07) is 8.50. The van der Waals surface area contributed by atoms with Crippen molar-refractivity contribution in [3.63, 3.8) is 0 Å². The Morgan fingerprint density at radius 3 is 2.58 bits per heavy atom. The van der Waals surface area contributed by atoms with Crippen LogP contribution in [0, 0.1) is 13.8 Å². The Morgan fingerprint density at radius 2 is 1.92 bits per heavy atom. The highest BCUT2D eigenvalue weighted by atomic mass is 32.2. The molecular formula is C17H17N7S2. The number of aromatic nitrogens is 4. The average molecular weight is 384 g/mol. The van der Waals surface area contributed by atoms with Gasteiger partial charge in [-0.3, -0.25) is 4.57 Å². The lowest BCUT2D eigenvalue weighted by molar-refractivity contribution is 0.424. The molecule has 0 radical (unpaired) electrons. The molecule has 0 aliphatic carbocycles. The minimum atomic E-state index is 0.00534. The molecule has 1 aliphatic rings. The number of benzene rings is 1. The summed E-state index contributed by atoms with van der Waals surface area (Å²) in [5, 5.41) is 17.3. The summed E-state index contributed by atoms with van der Waals surface area (Å²) in [6.45, 7) is 6.00. The third kappa shape index (κ3) is 3.40. The van der Waals surface area contributed by atoms with Gasteiger partial charge in [0.2, 0.25) is 11.1 Å². The van der Waals surface area contributed by atoms with Crippen LogP contribution in [0.2, 0.25) is 0 Å². The molecule has 4 rings (SSSR count). The third-order valence-electron chi connectivity index (χ3n) is 3.77. The van der Waals surface area contributed by atoms with Crippen molar-refractivity contribution in [1.82, 2.24) is 24.8 Å². The van der Waals surface area contributed by atoms with E-state index in [9.17, 15) is 0 Å². The second-order valence-electron chi connectivity index (χ2n) is 5.83. The second kappa shape index (κ2) is 7.00. The fraction of sp³-hybridized carbons (Fsp3) is 0.235. The van der Waals surface area contributed by atoms with E-state index in [1.807, 2.05) is 29.6 Å². The van der Waals surface area contributed by atoms with Crippen molar-refractivity contribution in [2.45, 2.75) is 26.1 Å². The van der Waals surface area contributed by atoms with Gasteiger partial charge >= 0.3 is 0 Å². The van der Waals surface area contributed by atoms with Gasteiger partial charge < -0.3 is 0 Å². The van der Waals surface area contributed by atoms with Crippen LogP contribution in [0.1, 0.15) is 28.4 Å². The Labute approximate surface area is 159 Å². The van der Waals surface area contributed by atoms with E-state index in [4.69, 9.17) is 10.1 Å². The Bertz CT molecular complexity index is 957. The van der Waals surface area contributed by atoms with Crippen LogP contribution in [0.25, 0.3) is 0 Å². The van der Waals surface area contributed by atoms with Gasteiger partial charge in [0.15, 0.2) is 0 Å². The van der Waals surface area contributed by atoms with Gasteiger partial charge in [-0.15, -0.1) is 10.2 Å². The first kappa shape index (κ1) is 16.9. The molecule has 0 spiro atoms. The lowest BCUT2D eigenvalue weighted by Gasteiger charge is -2.24. The number of hydrogen-bond donors (Lipinski definition) is 0. The van der Waals surface area contributed by atoms with Gasteiger partial charge in [-0.25, -0.2) is 9.99 Å². The molecule has 0 unspecified atom stereocenters. The van der Waals surface area contributed by atoms with E-state index in [1.165, 1.54) is 22.5 Å². The van der Waals surface area contributed by atoms with E-state index in [0.717, 1.165) is 10.1 Å². The zero-order valence-electron chi connectivity index (χ0n) is 14.6. The molecule has 0 saturated carbocycles. The van der Waals surface area contributed by atoms with Crippen LogP contribution in [0.3, 0.4) is 0 Å². The first-order valence-corrected chi connectivity index (χ1v) is 9.74. The highest BCUT2D eigenvalue weighted by Crippen LogP contribution is 2.40. The fourth-order valence-corrected chi connectivity index (χ4v) is 4.10. The quantitative estimate of drug-likeness (QED) is 0.495. The van der Waals surface area contributed by atoms with Crippen LogP contribution in [0.15, 0.2) is 53.1 Å². The van der Waals surface area contributed by atoms with Crippen molar-refractivity contribution < 1.29 is 0 Å². The third-order valence-corrected chi connectivity index (χ3v) is 5.62. The number of rotatable bonds is 2. The van der Waals surface area contributed by atoms with E-state index in [1.54, 1.807) is 24.3 Å². The van der Waals surface area contributed by atoms with Crippen molar-refractivity contribution >= 4 is 39.2 Å².